The maximum atomic E-state index is 12.3. The Hall–Kier alpha value is -1.44. The molecule has 1 aliphatic heterocycles. The van der Waals surface area contributed by atoms with Gasteiger partial charge in [-0.15, -0.1) is 0 Å². The molecule has 1 amide bonds. The van der Waals surface area contributed by atoms with Gasteiger partial charge in [-0.2, -0.15) is 4.98 Å². The Balaban J connectivity index is 1.98. The number of aryl methyl sites for hydroxylation is 1. The van der Waals surface area contributed by atoms with E-state index in [4.69, 9.17) is 4.52 Å². The molecule has 1 aromatic rings. The molecule has 1 atom stereocenters. The second-order valence-electron chi connectivity index (χ2n) is 6.30. The second kappa shape index (κ2) is 6.76. The van der Waals surface area contributed by atoms with Crippen LogP contribution in [0.4, 0.5) is 0 Å². The Morgan fingerprint density at radius 2 is 2.18 bits per heavy atom. The smallest absolute Gasteiger partial charge is 0.237 e. The van der Waals surface area contributed by atoms with Crippen LogP contribution >= 0.6 is 0 Å². The molecular formula is C14H23N3O4S. The maximum absolute atomic E-state index is 12.3. The Labute approximate surface area is 131 Å². The van der Waals surface area contributed by atoms with Crippen molar-refractivity contribution in [2.75, 3.05) is 24.6 Å². The number of sulfone groups is 1. The third-order valence-electron chi connectivity index (χ3n) is 3.61. The highest BCUT2D eigenvalue weighted by Gasteiger charge is 2.30. The van der Waals surface area contributed by atoms with E-state index in [1.807, 2.05) is 13.8 Å². The third-order valence-corrected chi connectivity index (χ3v) is 5.47. The van der Waals surface area contributed by atoms with E-state index in [-0.39, 0.29) is 23.5 Å². The second-order valence-corrected chi connectivity index (χ2v) is 8.41. The van der Waals surface area contributed by atoms with Crippen LogP contribution in [0.3, 0.4) is 0 Å². The summed E-state index contributed by atoms with van der Waals surface area (Å²) in [6.07, 6.45) is 1.69. The van der Waals surface area contributed by atoms with Crippen molar-refractivity contribution >= 4 is 15.7 Å². The molecule has 0 aliphatic carbocycles. The molecule has 0 aromatic carbocycles. The molecule has 0 radical (unpaired) electrons. The van der Waals surface area contributed by atoms with Crippen LogP contribution in [0.15, 0.2) is 4.52 Å². The van der Waals surface area contributed by atoms with Crippen molar-refractivity contribution in [3.8, 4) is 0 Å². The number of aromatic nitrogens is 2. The first-order chi connectivity index (χ1) is 10.3. The zero-order valence-electron chi connectivity index (χ0n) is 13.3. The summed E-state index contributed by atoms with van der Waals surface area (Å²) < 4.78 is 28.9. The fourth-order valence-electron chi connectivity index (χ4n) is 2.74. The van der Waals surface area contributed by atoms with E-state index in [9.17, 15) is 13.2 Å². The van der Waals surface area contributed by atoms with Crippen LogP contribution in [0.25, 0.3) is 0 Å². The largest absolute Gasteiger partial charge is 0.341 e. The van der Waals surface area contributed by atoms with Gasteiger partial charge < -0.3 is 9.42 Å². The van der Waals surface area contributed by atoms with Crippen LogP contribution in [0, 0.1) is 12.8 Å². The predicted molar refractivity (Wildman–Crippen MR) is 81.1 cm³/mol. The molecule has 124 valence electrons. The van der Waals surface area contributed by atoms with Crippen LogP contribution in [0.1, 0.15) is 44.3 Å². The number of piperidine rings is 1. The van der Waals surface area contributed by atoms with Gasteiger partial charge in [-0.3, -0.25) is 4.79 Å². The van der Waals surface area contributed by atoms with Gasteiger partial charge in [0.1, 0.15) is 5.75 Å². The summed E-state index contributed by atoms with van der Waals surface area (Å²) in [5.74, 6) is 0.434. The Kier molecular flexibility index (Phi) is 5.20. The molecular weight excluding hydrogens is 306 g/mol. The summed E-state index contributed by atoms with van der Waals surface area (Å²) in [7, 11) is -3.35. The molecule has 0 N–H and O–H groups in total. The topological polar surface area (TPSA) is 93.4 Å². The molecule has 0 spiro atoms. The standard InChI is InChI=1S/C14H23N3O4S/c1-10(2)8-22(19,20)9-13(18)17-6-4-5-12(7-17)14-15-11(3)21-16-14/h10,12H,4-9H2,1-3H3/t12-/m0/s1. The van der Waals surface area contributed by atoms with E-state index in [0.29, 0.717) is 24.8 Å². The van der Waals surface area contributed by atoms with Crippen LogP contribution in [-0.2, 0) is 14.6 Å². The monoisotopic (exact) mass is 329 g/mol. The molecule has 0 unspecified atom stereocenters. The number of hydrogen-bond donors (Lipinski definition) is 0. The summed E-state index contributed by atoms with van der Waals surface area (Å²) in [6.45, 7) is 6.42. The zero-order chi connectivity index (χ0) is 16.3. The number of carbonyl (C=O) groups is 1. The zero-order valence-corrected chi connectivity index (χ0v) is 14.1. The molecule has 1 aliphatic rings. The van der Waals surface area contributed by atoms with Gasteiger partial charge in [0.15, 0.2) is 15.7 Å². The van der Waals surface area contributed by atoms with E-state index in [0.717, 1.165) is 12.8 Å². The molecule has 0 bridgehead atoms. The molecule has 22 heavy (non-hydrogen) atoms. The minimum Gasteiger partial charge on any atom is -0.341 e. The highest BCUT2D eigenvalue weighted by molar-refractivity contribution is 7.92. The van der Waals surface area contributed by atoms with Crippen molar-refractivity contribution in [2.45, 2.75) is 39.5 Å². The molecule has 2 rings (SSSR count). The first kappa shape index (κ1) is 16.9. The lowest BCUT2D eigenvalue weighted by Gasteiger charge is -2.31. The summed E-state index contributed by atoms with van der Waals surface area (Å²) in [5, 5.41) is 3.90. The minimum atomic E-state index is -3.35. The van der Waals surface area contributed by atoms with Gasteiger partial charge in [0.2, 0.25) is 11.8 Å². The highest BCUT2D eigenvalue weighted by Crippen LogP contribution is 2.25. The number of nitrogens with zero attached hydrogens (tertiary/aromatic N) is 3. The molecule has 8 heteroatoms. The average Bonchev–Trinajstić information content (AvgIpc) is 2.83. The molecule has 1 fully saturated rings. The first-order valence-corrected chi connectivity index (χ1v) is 9.37. The van der Waals surface area contributed by atoms with Gasteiger partial charge in [0.05, 0.1) is 5.75 Å². The normalized spacial score (nSPS) is 19.6. The number of amides is 1. The highest BCUT2D eigenvalue weighted by atomic mass is 32.2. The summed E-state index contributed by atoms with van der Waals surface area (Å²) >= 11 is 0. The van der Waals surface area contributed by atoms with E-state index >= 15 is 0 Å². The summed E-state index contributed by atoms with van der Waals surface area (Å²) in [6, 6.07) is 0. The Morgan fingerprint density at radius 3 is 2.77 bits per heavy atom. The van der Waals surface area contributed by atoms with E-state index in [2.05, 4.69) is 10.1 Å². The average molecular weight is 329 g/mol. The lowest BCUT2D eigenvalue weighted by molar-refractivity contribution is -0.129. The van der Waals surface area contributed by atoms with Crippen molar-refractivity contribution in [2.24, 2.45) is 5.92 Å². The molecule has 1 aromatic heterocycles. The quantitative estimate of drug-likeness (QED) is 0.804. The maximum Gasteiger partial charge on any atom is 0.237 e. The van der Waals surface area contributed by atoms with Crippen molar-refractivity contribution in [1.82, 2.24) is 15.0 Å². The van der Waals surface area contributed by atoms with Gasteiger partial charge >= 0.3 is 0 Å². The first-order valence-electron chi connectivity index (χ1n) is 7.55. The predicted octanol–water partition coefficient (Wildman–Crippen LogP) is 1.15. The van der Waals surface area contributed by atoms with Gasteiger partial charge in [-0.1, -0.05) is 19.0 Å². The molecule has 0 saturated carbocycles. The molecule has 7 nitrogen and oxygen atoms in total. The summed E-state index contributed by atoms with van der Waals surface area (Å²) in [4.78, 5) is 18.1. The number of likely N-dealkylation sites (tertiary alicyclic amines) is 1. The van der Waals surface area contributed by atoms with Gasteiger partial charge in [0.25, 0.3) is 0 Å². The Bertz CT molecular complexity index is 624. The summed E-state index contributed by atoms with van der Waals surface area (Å²) in [5.41, 5.74) is 0. The van der Waals surface area contributed by atoms with Crippen LogP contribution < -0.4 is 0 Å². The lowest BCUT2D eigenvalue weighted by Crippen LogP contribution is -2.42. The third kappa shape index (κ3) is 4.53. The van der Waals surface area contributed by atoms with Gasteiger partial charge in [-0.25, -0.2) is 8.42 Å². The van der Waals surface area contributed by atoms with Gasteiger partial charge in [0, 0.05) is 25.9 Å². The van der Waals surface area contributed by atoms with Crippen LogP contribution in [0.5, 0.6) is 0 Å². The molecule has 1 saturated heterocycles. The Morgan fingerprint density at radius 1 is 1.45 bits per heavy atom. The number of rotatable bonds is 5. The van der Waals surface area contributed by atoms with Gasteiger partial charge in [-0.05, 0) is 18.8 Å². The van der Waals surface area contributed by atoms with Crippen molar-refractivity contribution in [3.63, 3.8) is 0 Å². The van der Waals surface area contributed by atoms with Crippen molar-refractivity contribution in [3.05, 3.63) is 11.7 Å². The fraction of sp³-hybridized carbons (Fsp3) is 0.786. The van der Waals surface area contributed by atoms with Crippen LogP contribution in [0.2, 0.25) is 0 Å². The van der Waals surface area contributed by atoms with Crippen molar-refractivity contribution in [1.29, 1.82) is 0 Å². The van der Waals surface area contributed by atoms with Crippen LogP contribution in [-0.4, -0.2) is 54.0 Å². The number of carbonyl (C=O) groups excluding carboxylic acids is 1. The number of hydrogen-bond acceptors (Lipinski definition) is 6. The minimum absolute atomic E-state index is 0.0166. The van der Waals surface area contributed by atoms with Crippen molar-refractivity contribution < 1.29 is 17.7 Å². The fourth-order valence-corrected chi connectivity index (χ4v) is 4.43. The SMILES string of the molecule is Cc1nc([C@H]2CCCN(C(=O)CS(=O)(=O)CC(C)C)C2)no1. The molecule has 2 heterocycles. The van der Waals surface area contributed by atoms with E-state index < -0.39 is 15.6 Å². The lowest BCUT2D eigenvalue weighted by atomic mass is 9.97. The van der Waals surface area contributed by atoms with E-state index in [1.165, 1.54) is 0 Å². The van der Waals surface area contributed by atoms with E-state index in [1.54, 1.807) is 11.8 Å².